The average Bonchev–Trinajstić information content (AvgIpc) is 2.63. The molecule has 1 fully saturated rings. The van der Waals surface area contributed by atoms with Crippen molar-refractivity contribution in [2.24, 2.45) is 5.10 Å². The molecule has 0 aromatic heterocycles. The minimum atomic E-state index is 0.843. The predicted octanol–water partition coefficient (Wildman–Crippen LogP) is 3.50. The number of ether oxygens (including phenoxy) is 1. The van der Waals surface area contributed by atoms with Crippen LogP contribution in [0.5, 0.6) is 5.75 Å². The number of rotatable bonds is 5. The van der Waals surface area contributed by atoms with E-state index in [1.165, 1.54) is 5.56 Å². The maximum absolute atomic E-state index is 6.24. The largest absolute Gasteiger partial charge is 0.497 e. The molecule has 24 heavy (non-hydrogen) atoms. The summed E-state index contributed by atoms with van der Waals surface area (Å²) in [6.45, 7) is 4.71. The molecule has 4 nitrogen and oxygen atoms in total. The first-order valence-corrected chi connectivity index (χ1v) is 8.51. The highest BCUT2D eigenvalue weighted by molar-refractivity contribution is 6.31. The molecule has 0 aliphatic carbocycles. The number of hydrogen-bond acceptors (Lipinski definition) is 4. The van der Waals surface area contributed by atoms with Crippen molar-refractivity contribution in [2.75, 3.05) is 33.3 Å². The Bertz CT molecular complexity index is 697. The van der Waals surface area contributed by atoms with E-state index in [2.05, 4.69) is 21.1 Å². The van der Waals surface area contributed by atoms with E-state index >= 15 is 0 Å². The van der Waals surface area contributed by atoms with Crippen LogP contribution in [0.3, 0.4) is 0 Å². The smallest absolute Gasteiger partial charge is 0.119 e. The highest BCUT2D eigenvalue weighted by Gasteiger charge is 2.16. The van der Waals surface area contributed by atoms with Gasteiger partial charge in [0, 0.05) is 37.7 Å². The number of halogens is 1. The quantitative estimate of drug-likeness (QED) is 0.778. The minimum absolute atomic E-state index is 0.843. The Morgan fingerprint density at radius 1 is 1.08 bits per heavy atom. The third kappa shape index (κ3) is 4.49. The lowest BCUT2D eigenvalue weighted by atomic mass is 10.2. The van der Waals surface area contributed by atoms with Crippen molar-refractivity contribution < 1.29 is 4.74 Å². The van der Waals surface area contributed by atoms with Gasteiger partial charge in [-0.15, -0.1) is 0 Å². The molecule has 126 valence electrons. The lowest BCUT2D eigenvalue weighted by Crippen LogP contribution is -2.43. The highest BCUT2D eigenvalue weighted by Crippen LogP contribution is 2.18. The summed E-state index contributed by atoms with van der Waals surface area (Å²) < 4.78 is 5.23. The zero-order valence-corrected chi connectivity index (χ0v) is 14.6. The van der Waals surface area contributed by atoms with Crippen LogP contribution in [0.4, 0.5) is 0 Å². The van der Waals surface area contributed by atoms with Crippen LogP contribution in [0.25, 0.3) is 0 Å². The van der Waals surface area contributed by atoms with E-state index in [1.54, 1.807) is 7.11 Å². The van der Waals surface area contributed by atoms with Crippen LogP contribution in [0.1, 0.15) is 11.1 Å². The fraction of sp³-hybridized carbons (Fsp3) is 0.316. The molecule has 0 spiro atoms. The Balaban J connectivity index is 1.51. The summed E-state index contributed by atoms with van der Waals surface area (Å²) in [6, 6.07) is 16.0. The van der Waals surface area contributed by atoms with Crippen molar-refractivity contribution in [3.63, 3.8) is 0 Å². The highest BCUT2D eigenvalue weighted by atomic mass is 35.5. The number of piperazine rings is 1. The first-order chi connectivity index (χ1) is 11.7. The molecular weight excluding hydrogens is 322 g/mol. The van der Waals surface area contributed by atoms with Gasteiger partial charge in [0.1, 0.15) is 5.75 Å². The molecule has 1 aliphatic heterocycles. The SMILES string of the molecule is COc1cccc(C=NN2CCN(Cc3ccccc3Cl)CC2)c1. The standard InChI is InChI=1S/C19H22ClN3O/c1-24-18-7-4-5-16(13-18)14-21-23-11-9-22(10-12-23)15-17-6-2-3-8-19(17)20/h2-8,13-14H,9-12,15H2,1H3. The van der Waals surface area contributed by atoms with Crippen molar-refractivity contribution in [3.05, 3.63) is 64.7 Å². The Labute approximate surface area is 148 Å². The van der Waals surface area contributed by atoms with E-state index < -0.39 is 0 Å². The molecular formula is C19H22ClN3O. The van der Waals surface area contributed by atoms with E-state index in [9.17, 15) is 0 Å². The fourth-order valence-corrected chi connectivity index (χ4v) is 2.94. The van der Waals surface area contributed by atoms with Crippen LogP contribution in [-0.2, 0) is 6.54 Å². The molecule has 1 aliphatic rings. The molecule has 0 N–H and O–H groups in total. The molecule has 2 aromatic carbocycles. The van der Waals surface area contributed by atoms with E-state index in [4.69, 9.17) is 16.3 Å². The monoisotopic (exact) mass is 343 g/mol. The van der Waals surface area contributed by atoms with Crippen molar-refractivity contribution in [1.82, 2.24) is 9.91 Å². The summed E-state index contributed by atoms with van der Waals surface area (Å²) in [7, 11) is 1.68. The van der Waals surface area contributed by atoms with Crippen molar-refractivity contribution in [1.29, 1.82) is 0 Å². The number of methoxy groups -OCH3 is 1. The van der Waals surface area contributed by atoms with E-state index in [0.717, 1.165) is 49.1 Å². The maximum atomic E-state index is 6.24. The van der Waals surface area contributed by atoms with Crippen LogP contribution in [0.2, 0.25) is 5.02 Å². The third-order valence-corrected chi connectivity index (χ3v) is 4.53. The zero-order chi connectivity index (χ0) is 16.8. The summed E-state index contributed by atoms with van der Waals surface area (Å²) >= 11 is 6.24. The van der Waals surface area contributed by atoms with Gasteiger partial charge in [-0.25, -0.2) is 0 Å². The van der Waals surface area contributed by atoms with Gasteiger partial charge in [-0.05, 0) is 29.3 Å². The van der Waals surface area contributed by atoms with E-state index in [1.807, 2.05) is 48.7 Å². The molecule has 0 bridgehead atoms. The Morgan fingerprint density at radius 3 is 2.62 bits per heavy atom. The van der Waals surface area contributed by atoms with Crippen LogP contribution in [0, 0.1) is 0 Å². The van der Waals surface area contributed by atoms with Crippen molar-refractivity contribution in [3.8, 4) is 5.75 Å². The second-order valence-corrected chi connectivity index (χ2v) is 6.25. The first-order valence-electron chi connectivity index (χ1n) is 8.13. The van der Waals surface area contributed by atoms with Gasteiger partial charge in [0.25, 0.3) is 0 Å². The first kappa shape index (κ1) is 16.8. The summed E-state index contributed by atoms with van der Waals surface area (Å²) in [5.74, 6) is 0.850. The summed E-state index contributed by atoms with van der Waals surface area (Å²) in [5.41, 5.74) is 2.24. The molecule has 0 saturated carbocycles. The predicted molar refractivity (Wildman–Crippen MR) is 98.9 cm³/mol. The number of hydrogen-bond donors (Lipinski definition) is 0. The average molecular weight is 344 g/mol. The van der Waals surface area contributed by atoms with Crippen LogP contribution < -0.4 is 4.74 Å². The molecule has 0 atom stereocenters. The molecule has 5 heteroatoms. The van der Waals surface area contributed by atoms with Crippen LogP contribution >= 0.6 is 11.6 Å². The molecule has 0 radical (unpaired) electrons. The normalized spacial score (nSPS) is 15.8. The Hall–Kier alpha value is -2.04. The van der Waals surface area contributed by atoms with Gasteiger partial charge < -0.3 is 4.74 Å². The molecule has 1 saturated heterocycles. The van der Waals surface area contributed by atoms with Crippen molar-refractivity contribution >= 4 is 17.8 Å². The van der Waals surface area contributed by atoms with Gasteiger partial charge in [0.15, 0.2) is 0 Å². The third-order valence-electron chi connectivity index (χ3n) is 4.16. The van der Waals surface area contributed by atoms with Gasteiger partial charge in [-0.3, -0.25) is 9.91 Å². The topological polar surface area (TPSA) is 28.1 Å². The second kappa shape index (κ2) is 8.18. The van der Waals surface area contributed by atoms with Gasteiger partial charge >= 0.3 is 0 Å². The summed E-state index contributed by atoms with van der Waals surface area (Å²) in [4.78, 5) is 2.42. The van der Waals surface area contributed by atoms with Crippen LogP contribution in [-0.4, -0.2) is 49.4 Å². The number of nitrogens with zero attached hydrogens (tertiary/aromatic N) is 3. The lowest BCUT2D eigenvalue weighted by Gasteiger charge is -2.33. The minimum Gasteiger partial charge on any atom is -0.497 e. The Morgan fingerprint density at radius 2 is 1.88 bits per heavy atom. The van der Waals surface area contributed by atoms with Gasteiger partial charge in [-0.2, -0.15) is 5.10 Å². The summed E-state index contributed by atoms with van der Waals surface area (Å²) in [5, 5.41) is 7.55. The molecule has 0 amide bonds. The maximum Gasteiger partial charge on any atom is 0.119 e. The van der Waals surface area contributed by atoms with Gasteiger partial charge in [-0.1, -0.05) is 41.9 Å². The van der Waals surface area contributed by atoms with E-state index in [0.29, 0.717) is 0 Å². The fourth-order valence-electron chi connectivity index (χ4n) is 2.75. The van der Waals surface area contributed by atoms with Crippen molar-refractivity contribution in [2.45, 2.75) is 6.54 Å². The molecule has 1 heterocycles. The van der Waals surface area contributed by atoms with Crippen LogP contribution in [0.15, 0.2) is 53.6 Å². The zero-order valence-electron chi connectivity index (χ0n) is 13.9. The second-order valence-electron chi connectivity index (χ2n) is 5.84. The molecule has 0 unspecified atom stereocenters. The number of benzene rings is 2. The van der Waals surface area contributed by atoms with Gasteiger partial charge in [0.2, 0.25) is 0 Å². The van der Waals surface area contributed by atoms with E-state index in [-0.39, 0.29) is 0 Å². The molecule has 2 aromatic rings. The Kier molecular flexibility index (Phi) is 5.72. The number of hydrazone groups is 1. The summed E-state index contributed by atoms with van der Waals surface area (Å²) in [6.07, 6.45) is 1.90. The lowest BCUT2D eigenvalue weighted by molar-refractivity contribution is 0.131. The van der Waals surface area contributed by atoms with Gasteiger partial charge in [0.05, 0.1) is 13.3 Å². The molecule has 3 rings (SSSR count).